The first kappa shape index (κ1) is 16.6. The lowest BCUT2D eigenvalue weighted by molar-refractivity contribution is 0.146. The van der Waals surface area contributed by atoms with Crippen molar-refractivity contribution in [2.45, 2.75) is 19.4 Å². The summed E-state index contributed by atoms with van der Waals surface area (Å²) in [6, 6.07) is 12.2. The van der Waals surface area contributed by atoms with Gasteiger partial charge in [-0.1, -0.05) is 12.1 Å². The SMILES string of the molecule is COCCOc1cccc(NCc2ccc(N3CCCC3)nc2)c1. The molecule has 0 spiro atoms. The normalized spacial score (nSPS) is 14.0. The van der Waals surface area contributed by atoms with Crippen LogP contribution < -0.4 is 15.0 Å². The van der Waals surface area contributed by atoms with Gasteiger partial charge in [-0.3, -0.25) is 0 Å². The van der Waals surface area contributed by atoms with Crippen LogP contribution in [0.3, 0.4) is 0 Å². The van der Waals surface area contributed by atoms with Gasteiger partial charge in [0.05, 0.1) is 6.61 Å². The minimum absolute atomic E-state index is 0.557. The van der Waals surface area contributed by atoms with Crippen LogP contribution in [0.2, 0.25) is 0 Å². The molecular weight excluding hydrogens is 302 g/mol. The maximum absolute atomic E-state index is 5.63. The Bertz CT molecular complexity index is 625. The molecule has 2 aromatic rings. The van der Waals surface area contributed by atoms with Crippen molar-refractivity contribution in [2.75, 3.05) is 43.6 Å². The van der Waals surface area contributed by atoms with E-state index in [1.807, 2.05) is 30.5 Å². The molecule has 1 N–H and O–H groups in total. The van der Waals surface area contributed by atoms with Crippen molar-refractivity contribution >= 4 is 11.5 Å². The van der Waals surface area contributed by atoms with Crippen LogP contribution >= 0.6 is 0 Å². The van der Waals surface area contributed by atoms with E-state index < -0.39 is 0 Å². The predicted molar refractivity (Wildman–Crippen MR) is 96.8 cm³/mol. The van der Waals surface area contributed by atoms with Crippen molar-refractivity contribution in [1.82, 2.24) is 4.98 Å². The van der Waals surface area contributed by atoms with E-state index in [2.05, 4.69) is 27.3 Å². The first-order chi connectivity index (χ1) is 11.8. The van der Waals surface area contributed by atoms with E-state index in [-0.39, 0.29) is 0 Å². The summed E-state index contributed by atoms with van der Waals surface area (Å²) in [6.07, 6.45) is 4.50. The molecule has 1 aliphatic rings. The van der Waals surface area contributed by atoms with Gasteiger partial charge >= 0.3 is 0 Å². The Kier molecular flexibility index (Phi) is 5.90. The second kappa shape index (κ2) is 8.55. The average Bonchev–Trinajstić information content (AvgIpc) is 3.16. The summed E-state index contributed by atoms with van der Waals surface area (Å²) in [5.41, 5.74) is 2.21. The minimum Gasteiger partial charge on any atom is -0.491 e. The second-order valence-corrected chi connectivity index (χ2v) is 5.94. The van der Waals surface area contributed by atoms with Gasteiger partial charge < -0.3 is 19.7 Å². The molecule has 0 unspecified atom stereocenters. The number of hydrogen-bond acceptors (Lipinski definition) is 5. The van der Waals surface area contributed by atoms with Gasteiger partial charge in [-0.25, -0.2) is 4.98 Å². The van der Waals surface area contributed by atoms with E-state index in [0.29, 0.717) is 13.2 Å². The zero-order valence-corrected chi connectivity index (χ0v) is 14.2. The summed E-state index contributed by atoms with van der Waals surface area (Å²) >= 11 is 0. The van der Waals surface area contributed by atoms with E-state index in [0.717, 1.165) is 36.9 Å². The molecule has 24 heavy (non-hydrogen) atoms. The summed E-state index contributed by atoms with van der Waals surface area (Å²) in [7, 11) is 1.67. The number of aromatic nitrogens is 1. The smallest absolute Gasteiger partial charge is 0.128 e. The van der Waals surface area contributed by atoms with Gasteiger partial charge in [0.1, 0.15) is 18.2 Å². The van der Waals surface area contributed by atoms with E-state index >= 15 is 0 Å². The number of nitrogens with one attached hydrogen (secondary N) is 1. The molecule has 2 heterocycles. The fourth-order valence-electron chi connectivity index (χ4n) is 2.80. The standard InChI is InChI=1S/C19H25N3O2/c1-23-11-12-24-18-6-4-5-17(13-18)20-14-16-7-8-19(21-15-16)22-9-2-3-10-22/h4-8,13,15,20H,2-3,9-12,14H2,1H3. The zero-order valence-electron chi connectivity index (χ0n) is 14.2. The molecule has 1 aliphatic heterocycles. The quantitative estimate of drug-likeness (QED) is 0.754. The van der Waals surface area contributed by atoms with E-state index in [1.54, 1.807) is 7.11 Å². The van der Waals surface area contributed by atoms with Gasteiger partial charge in [-0.2, -0.15) is 0 Å². The molecule has 0 atom stereocenters. The molecule has 5 nitrogen and oxygen atoms in total. The minimum atomic E-state index is 0.557. The third kappa shape index (κ3) is 4.61. The molecule has 128 valence electrons. The summed E-state index contributed by atoms with van der Waals surface area (Å²) in [6.45, 7) is 4.14. The van der Waals surface area contributed by atoms with Crippen molar-refractivity contribution in [2.24, 2.45) is 0 Å². The first-order valence-electron chi connectivity index (χ1n) is 8.51. The van der Waals surface area contributed by atoms with E-state index in [4.69, 9.17) is 9.47 Å². The number of methoxy groups -OCH3 is 1. The maximum atomic E-state index is 5.63. The van der Waals surface area contributed by atoms with Crippen LogP contribution in [0.15, 0.2) is 42.6 Å². The Hall–Kier alpha value is -2.27. The maximum Gasteiger partial charge on any atom is 0.128 e. The number of benzene rings is 1. The molecule has 0 amide bonds. The lowest BCUT2D eigenvalue weighted by Crippen LogP contribution is -2.18. The molecule has 5 heteroatoms. The van der Waals surface area contributed by atoms with Gasteiger partial charge in [-0.15, -0.1) is 0 Å². The van der Waals surface area contributed by atoms with Gasteiger partial charge in [0.25, 0.3) is 0 Å². The Morgan fingerprint density at radius 1 is 1.12 bits per heavy atom. The van der Waals surface area contributed by atoms with Crippen LogP contribution in [0.25, 0.3) is 0 Å². The second-order valence-electron chi connectivity index (χ2n) is 5.94. The molecule has 0 saturated carbocycles. The van der Waals surface area contributed by atoms with Crippen LogP contribution in [-0.4, -0.2) is 38.4 Å². The number of ether oxygens (including phenoxy) is 2. The topological polar surface area (TPSA) is 46.6 Å². The number of anilines is 2. The number of rotatable bonds is 8. The molecule has 1 aromatic heterocycles. The third-order valence-electron chi connectivity index (χ3n) is 4.13. The van der Waals surface area contributed by atoms with Gasteiger partial charge in [0.2, 0.25) is 0 Å². The molecule has 0 bridgehead atoms. The van der Waals surface area contributed by atoms with Crippen molar-refractivity contribution in [1.29, 1.82) is 0 Å². The molecule has 1 fully saturated rings. The fraction of sp³-hybridized carbons (Fsp3) is 0.421. The predicted octanol–water partition coefficient (Wildman–Crippen LogP) is 3.32. The summed E-state index contributed by atoms with van der Waals surface area (Å²) in [4.78, 5) is 6.93. The number of hydrogen-bond donors (Lipinski definition) is 1. The van der Waals surface area contributed by atoms with Crippen LogP contribution in [0.4, 0.5) is 11.5 Å². The van der Waals surface area contributed by atoms with Crippen LogP contribution in [-0.2, 0) is 11.3 Å². The van der Waals surface area contributed by atoms with Crippen molar-refractivity contribution < 1.29 is 9.47 Å². The first-order valence-corrected chi connectivity index (χ1v) is 8.51. The van der Waals surface area contributed by atoms with E-state index in [1.165, 1.54) is 18.4 Å². The van der Waals surface area contributed by atoms with Gasteiger partial charge in [0.15, 0.2) is 0 Å². The molecule has 0 aliphatic carbocycles. The largest absolute Gasteiger partial charge is 0.491 e. The Labute approximate surface area is 143 Å². The highest BCUT2D eigenvalue weighted by molar-refractivity contribution is 5.49. The van der Waals surface area contributed by atoms with E-state index in [9.17, 15) is 0 Å². The van der Waals surface area contributed by atoms with Crippen LogP contribution in [0.5, 0.6) is 5.75 Å². The monoisotopic (exact) mass is 327 g/mol. The fourth-order valence-corrected chi connectivity index (χ4v) is 2.80. The summed E-state index contributed by atoms with van der Waals surface area (Å²) in [5, 5.41) is 3.42. The van der Waals surface area contributed by atoms with Crippen LogP contribution in [0.1, 0.15) is 18.4 Å². The number of nitrogens with zero attached hydrogens (tertiary/aromatic N) is 2. The summed E-state index contributed by atoms with van der Waals surface area (Å²) in [5.74, 6) is 1.93. The Balaban J connectivity index is 1.52. The third-order valence-corrected chi connectivity index (χ3v) is 4.13. The molecule has 3 rings (SSSR count). The molecular formula is C19H25N3O2. The van der Waals surface area contributed by atoms with Crippen molar-refractivity contribution in [3.05, 3.63) is 48.2 Å². The number of pyridine rings is 1. The molecule has 0 radical (unpaired) electrons. The molecule has 1 aromatic carbocycles. The van der Waals surface area contributed by atoms with Gasteiger partial charge in [-0.05, 0) is 36.6 Å². The lowest BCUT2D eigenvalue weighted by Gasteiger charge is -2.16. The Morgan fingerprint density at radius 2 is 2.00 bits per heavy atom. The van der Waals surface area contributed by atoms with Crippen molar-refractivity contribution in [3.8, 4) is 5.75 Å². The Morgan fingerprint density at radius 3 is 2.75 bits per heavy atom. The zero-order chi connectivity index (χ0) is 16.6. The highest BCUT2D eigenvalue weighted by atomic mass is 16.5. The average molecular weight is 327 g/mol. The van der Waals surface area contributed by atoms with Gasteiger partial charge in [0, 0.05) is 44.7 Å². The highest BCUT2D eigenvalue weighted by Crippen LogP contribution is 2.20. The highest BCUT2D eigenvalue weighted by Gasteiger charge is 2.12. The lowest BCUT2D eigenvalue weighted by atomic mass is 10.2. The van der Waals surface area contributed by atoms with Crippen molar-refractivity contribution in [3.63, 3.8) is 0 Å². The summed E-state index contributed by atoms with van der Waals surface area (Å²) < 4.78 is 10.6. The molecule has 1 saturated heterocycles. The van der Waals surface area contributed by atoms with Crippen LogP contribution in [0, 0.1) is 0 Å².